The number of hydrogen-bond donors (Lipinski definition) is 2. The third-order valence-electron chi connectivity index (χ3n) is 18.5. The molecule has 0 amide bonds. The van der Waals surface area contributed by atoms with E-state index >= 15 is 0 Å². The van der Waals surface area contributed by atoms with E-state index in [1.165, 1.54) is 107 Å². The highest BCUT2D eigenvalue weighted by atomic mass is 15.1. The Morgan fingerprint density at radius 1 is 0.377 bits per heavy atom. The van der Waals surface area contributed by atoms with Crippen molar-refractivity contribution in [2.75, 3.05) is 26.7 Å². The average Bonchev–Trinajstić information content (AvgIpc) is 1.17. The molecule has 6 heterocycles. The van der Waals surface area contributed by atoms with E-state index in [0.29, 0.717) is 0 Å². The molecule has 12 rings (SSSR count). The van der Waals surface area contributed by atoms with E-state index in [4.69, 9.17) is 0 Å². The quantitative estimate of drug-likeness (QED) is 0.0541. The number of hydrogen-bond acceptors (Lipinski definition) is 8. The summed E-state index contributed by atoms with van der Waals surface area (Å²) in [6.45, 7) is 83.9. The Balaban J connectivity index is -0.000000116. The predicted molar refractivity (Wildman–Crippen MR) is 673 cm³/mol. The van der Waals surface area contributed by atoms with Gasteiger partial charge < -0.3 is 10.6 Å². The van der Waals surface area contributed by atoms with Crippen molar-refractivity contribution in [2.45, 2.75) is 373 Å². The molecule has 1 aliphatic heterocycles. The molecule has 146 heavy (non-hydrogen) atoms. The lowest BCUT2D eigenvalue weighted by Crippen LogP contribution is -2.27. The van der Waals surface area contributed by atoms with Crippen LogP contribution >= 0.6 is 0 Å². The van der Waals surface area contributed by atoms with Crippen LogP contribution in [0, 0.1) is 18.8 Å². The number of benzene rings is 5. The molecule has 5 aromatic heterocycles. The Bertz CT molecular complexity index is 3930. The Labute approximate surface area is 908 Å². The van der Waals surface area contributed by atoms with E-state index in [-0.39, 0.29) is 0 Å². The SMILES string of the molecule is CC.CC.CC.CC.CC.CC.CC.CC.CC.CC=CC=C(C)CC.CC=CC=CCC.CC=CC=CCCC.CC=Cc1ccccc1.CC=Cc1ccccc1.CCC1C=CC=C1.CCC1CCNCC1.CCC=Cc1ccc(CC)cc1.CCNC.CCc1cc[n+](C)cc1.CCc1ccccc1.CCc1ccccn1.CCc1cccnc1.CCc1cccnn1.CCc1cncnc1.Cc1ccccc1. The zero-order valence-electron chi connectivity index (χ0n) is 102. The number of aryl methyl sites for hydroxylation is 9. The molecule has 820 valence electrons. The van der Waals surface area contributed by atoms with Crippen molar-refractivity contribution in [3.8, 4) is 0 Å². The van der Waals surface area contributed by atoms with Gasteiger partial charge in [0.05, 0.1) is 5.69 Å². The summed E-state index contributed by atoms with van der Waals surface area (Å²) in [4.78, 5) is 15.7. The second-order valence-corrected chi connectivity index (χ2v) is 29.2. The number of unbranched alkanes of at least 4 members (excludes halogenated alkanes) is 1. The summed E-state index contributed by atoms with van der Waals surface area (Å²) in [6.07, 6.45) is 79.3. The van der Waals surface area contributed by atoms with Crippen molar-refractivity contribution in [3.05, 3.63) is 432 Å². The highest BCUT2D eigenvalue weighted by Crippen LogP contribution is 2.15. The van der Waals surface area contributed by atoms with Crippen molar-refractivity contribution < 1.29 is 4.57 Å². The molecular weight excluding hydrogens is 1770 g/mol. The number of aromatic nitrogens is 7. The highest BCUT2D eigenvalue weighted by molar-refractivity contribution is 5.50. The fourth-order valence-electron chi connectivity index (χ4n) is 10.1. The minimum Gasteiger partial charge on any atom is -0.320 e. The van der Waals surface area contributed by atoms with Gasteiger partial charge >= 0.3 is 0 Å². The van der Waals surface area contributed by atoms with Gasteiger partial charge in [-0.25, -0.2) is 14.5 Å². The molecule has 10 aromatic rings. The first-order valence-electron chi connectivity index (χ1n) is 56.5. The highest BCUT2D eigenvalue weighted by Gasteiger charge is 2.09. The van der Waals surface area contributed by atoms with Crippen LogP contribution in [-0.2, 0) is 52.0 Å². The lowest BCUT2D eigenvalue weighted by Gasteiger charge is -2.20. The van der Waals surface area contributed by atoms with Crippen molar-refractivity contribution >= 4 is 18.2 Å². The van der Waals surface area contributed by atoms with Gasteiger partial charge in [-0.05, 0) is 252 Å². The molecule has 9 heteroatoms. The number of rotatable bonds is 21. The molecule has 2 aliphatic rings. The van der Waals surface area contributed by atoms with Gasteiger partial charge in [-0.1, -0.05) is 531 Å². The first-order chi connectivity index (χ1) is 71.5. The summed E-state index contributed by atoms with van der Waals surface area (Å²) in [5.74, 6) is 1.76. The van der Waals surface area contributed by atoms with Crippen LogP contribution in [0.5, 0.6) is 0 Å². The molecular formula is C137H228N9+. The minimum atomic E-state index is 0.736. The summed E-state index contributed by atoms with van der Waals surface area (Å²) in [5.41, 5.74) is 15.5. The first kappa shape index (κ1) is 163. The van der Waals surface area contributed by atoms with Gasteiger partial charge in [0, 0.05) is 55.0 Å². The molecule has 0 radical (unpaired) electrons. The summed E-state index contributed by atoms with van der Waals surface area (Å²) >= 11 is 0. The molecule has 0 spiro atoms. The molecule has 1 fully saturated rings. The molecule has 0 atom stereocenters. The maximum Gasteiger partial charge on any atom is 0.168 e. The third kappa shape index (κ3) is 133. The van der Waals surface area contributed by atoms with E-state index in [1.807, 2.05) is 336 Å². The van der Waals surface area contributed by atoms with Gasteiger partial charge in [0.1, 0.15) is 13.4 Å². The monoisotopic (exact) mass is 2000 g/mol. The Hall–Kier alpha value is -11.2. The van der Waals surface area contributed by atoms with Crippen LogP contribution < -0.4 is 15.2 Å². The maximum absolute atomic E-state index is 4.10. The van der Waals surface area contributed by atoms with Crippen molar-refractivity contribution in [2.24, 2.45) is 18.9 Å². The normalized spacial score (nSPS) is 10.4. The first-order valence-corrected chi connectivity index (χ1v) is 56.5. The summed E-state index contributed by atoms with van der Waals surface area (Å²) in [6, 6.07) is 68.1. The summed E-state index contributed by atoms with van der Waals surface area (Å²) < 4.78 is 2.04. The zero-order valence-corrected chi connectivity index (χ0v) is 102. The van der Waals surface area contributed by atoms with Crippen molar-refractivity contribution in [1.29, 1.82) is 0 Å². The van der Waals surface area contributed by atoms with Gasteiger partial charge in [-0.3, -0.25) is 9.97 Å². The average molecular weight is 2000 g/mol. The molecule has 5 aromatic carbocycles. The predicted octanol–water partition coefficient (Wildman–Crippen LogP) is 41.2. The standard InChI is InChI=1S/C12H16.2C9H10.C8H12N.C8H10.2C8H14.C7H15N.2C7H9N.C7H8.C7H10.C7H12.2C6H8N2.C3H9N.9C2H6/c1-3-5-6-12-9-7-11(4-2)8-10-12;2*1-2-6-9-7-4-3-5-8-9;1-3-8-4-6-9(2)7-5-8;1-2-8-6-4-3-5-7-8;1-4-6-7-8(3)5-2;1-3-5-7-8-6-4-2;1-2-7-3-5-8-6-4-7;1-2-7-4-3-5-8-6-7;1-2-7-5-3-4-6-8-7;1-7-5-3-2-4-6-7;1-2-7-5-3-4-6-7;1-3-5-7-6-4-2;1-2-6-3-7-5-8-4-6;1-2-6-4-3-5-7-8-6;1-3-4-2;9*1-2/h5-10H,3-4H2,1-2H3;2*2-8H,1H3;4-7H,3H2,1-2H3;3-7H,2H2,1H3;4,6-7H,5H2,1-3H3;3,5,7-8H,4,6H2,1-2H3;7-8H,2-6H2,1H3;2*3-6H,2H2,1H3;2-6H,1H3;3-7H,2H2,1H3;3,5-7H,4H2,1-2H3;2*3-5H,2H2,1H3;4H,3H2,1-2H3;9*1-2H3/q;;;+1;;;;;;;;;;;;;;;;;;;;;. The minimum absolute atomic E-state index is 0.736. The van der Waals surface area contributed by atoms with E-state index in [1.54, 1.807) is 18.7 Å². The van der Waals surface area contributed by atoms with Crippen LogP contribution in [0.1, 0.15) is 382 Å². The fraction of sp³-hybridized carbons (Fsp3) is 0.453. The van der Waals surface area contributed by atoms with Gasteiger partial charge in [0.25, 0.3) is 0 Å². The number of pyridine rings is 3. The second kappa shape index (κ2) is 154. The number of piperidine rings is 1. The van der Waals surface area contributed by atoms with E-state index in [0.717, 1.165) is 94.0 Å². The summed E-state index contributed by atoms with van der Waals surface area (Å²) in [7, 11) is 3.96. The van der Waals surface area contributed by atoms with Gasteiger partial charge in [0.15, 0.2) is 12.4 Å². The summed E-state index contributed by atoms with van der Waals surface area (Å²) in [5, 5.41) is 13.8. The van der Waals surface area contributed by atoms with E-state index < -0.39 is 0 Å². The third-order valence-corrected chi connectivity index (χ3v) is 18.5. The molecule has 0 saturated carbocycles. The topological polar surface area (TPSA) is 105 Å². The number of nitrogens with one attached hydrogen (secondary N) is 2. The fourth-order valence-corrected chi connectivity index (χ4v) is 10.1. The van der Waals surface area contributed by atoms with Gasteiger partial charge in [-0.15, -0.1) is 0 Å². The van der Waals surface area contributed by atoms with Crippen LogP contribution in [0.15, 0.2) is 371 Å². The van der Waals surface area contributed by atoms with E-state index in [2.05, 4.69) is 358 Å². The number of allylic oxidation sites excluding steroid dienone is 19. The lowest BCUT2D eigenvalue weighted by atomic mass is 9.96. The smallest absolute Gasteiger partial charge is 0.168 e. The molecule has 0 bridgehead atoms. The van der Waals surface area contributed by atoms with Gasteiger partial charge in [0.2, 0.25) is 0 Å². The van der Waals surface area contributed by atoms with Crippen molar-refractivity contribution in [3.63, 3.8) is 0 Å². The molecule has 1 aliphatic carbocycles. The Morgan fingerprint density at radius 3 is 1.08 bits per heavy atom. The van der Waals surface area contributed by atoms with E-state index in [9.17, 15) is 0 Å². The molecule has 1 saturated heterocycles. The molecule has 9 nitrogen and oxygen atoms in total. The van der Waals surface area contributed by atoms with Crippen LogP contribution in [0.2, 0.25) is 0 Å². The molecule has 2 N–H and O–H groups in total. The Kier molecular flexibility index (Phi) is 171. The number of nitrogens with zero attached hydrogens (tertiary/aromatic N) is 7. The van der Waals surface area contributed by atoms with Crippen LogP contribution in [0.3, 0.4) is 0 Å². The van der Waals surface area contributed by atoms with Crippen LogP contribution in [0.4, 0.5) is 0 Å². The maximum atomic E-state index is 4.10. The second-order valence-electron chi connectivity index (χ2n) is 29.2. The van der Waals surface area contributed by atoms with Crippen LogP contribution in [0.25, 0.3) is 18.2 Å². The molecule has 0 unspecified atom stereocenters. The van der Waals surface area contributed by atoms with Crippen LogP contribution in [-0.4, -0.2) is 56.8 Å². The van der Waals surface area contributed by atoms with Crippen molar-refractivity contribution in [1.82, 2.24) is 40.8 Å². The Morgan fingerprint density at radius 2 is 0.774 bits per heavy atom. The lowest BCUT2D eigenvalue weighted by molar-refractivity contribution is -0.671. The van der Waals surface area contributed by atoms with Gasteiger partial charge in [-0.2, -0.15) is 10.2 Å². The zero-order chi connectivity index (χ0) is 113. The largest absolute Gasteiger partial charge is 0.320 e.